The van der Waals surface area contributed by atoms with Gasteiger partial charge in [-0.2, -0.15) is 0 Å². The first kappa shape index (κ1) is 12.2. The van der Waals surface area contributed by atoms with Gasteiger partial charge in [0.15, 0.2) is 11.5 Å². The van der Waals surface area contributed by atoms with Gasteiger partial charge in [-0.1, -0.05) is 6.92 Å². The lowest BCUT2D eigenvalue weighted by Gasteiger charge is -2.15. The summed E-state index contributed by atoms with van der Waals surface area (Å²) < 4.78 is 11.7. The molecule has 0 spiro atoms. The minimum atomic E-state index is -0.954. The number of carbonyl (C=O) groups is 1. The van der Waals surface area contributed by atoms with Crippen molar-refractivity contribution in [2.45, 2.75) is 19.8 Å². The molecule has 0 aliphatic carbocycles. The monoisotopic (exact) mass is 300 g/mol. The van der Waals surface area contributed by atoms with Gasteiger partial charge in [-0.15, -0.1) is 0 Å². The Bertz CT molecular complexity index is 456. The Morgan fingerprint density at radius 1 is 1.47 bits per heavy atom. The van der Waals surface area contributed by atoms with Gasteiger partial charge in [0.2, 0.25) is 0 Å². The second kappa shape index (κ2) is 4.96. The molecule has 0 aromatic heterocycles. The van der Waals surface area contributed by atoms with E-state index >= 15 is 0 Å². The van der Waals surface area contributed by atoms with Crippen LogP contribution >= 0.6 is 15.9 Å². The first-order valence-corrected chi connectivity index (χ1v) is 6.28. The van der Waals surface area contributed by atoms with E-state index < -0.39 is 5.97 Å². The van der Waals surface area contributed by atoms with Crippen LogP contribution in [-0.4, -0.2) is 24.3 Å². The third kappa shape index (κ3) is 2.24. The highest BCUT2D eigenvalue weighted by molar-refractivity contribution is 9.10. The number of hydrogen-bond donors (Lipinski definition) is 1. The molecule has 2 rings (SSSR count). The lowest BCUT2D eigenvalue weighted by molar-refractivity contribution is 0.0694. The summed E-state index contributed by atoms with van der Waals surface area (Å²) in [7, 11) is 0. The van der Waals surface area contributed by atoms with Gasteiger partial charge in [-0.3, -0.25) is 0 Å². The smallest absolute Gasteiger partial charge is 0.337 e. The molecule has 1 heterocycles. The highest BCUT2D eigenvalue weighted by Crippen LogP contribution is 2.40. The zero-order valence-electron chi connectivity index (χ0n) is 9.46. The Hall–Kier alpha value is -1.23. The molecule has 0 saturated carbocycles. The number of aromatic carboxylic acids is 1. The SMILES string of the molecule is CCc1c2c(cc(Br)c1C(=O)O)OCCCO2. The quantitative estimate of drug-likeness (QED) is 0.912. The minimum absolute atomic E-state index is 0.261. The average Bonchev–Trinajstić information content (AvgIpc) is 2.51. The lowest BCUT2D eigenvalue weighted by atomic mass is 10.0. The third-order valence-corrected chi connectivity index (χ3v) is 3.28. The van der Waals surface area contributed by atoms with Crippen LogP contribution in [0.4, 0.5) is 0 Å². The maximum absolute atomic E-state index is 11.2. The number of halogens is 1. The normalized spacial score (nSPS) is 14.2. The van der Waals surface area contributed by atoms with Crippen LogP contribution in [0, 0.1) is 0 Å². The van der Waals surface area contributed by atoms with E-state index in [2.05, 4.69) is 15.9 Å². The van der Waals surface area contributed by atoms with Gasteiger partial charge in [0, 0.05) is 16.5 Å². The maximum Gasteiger partial charge on any atom is 0.337 e. The zero-order valence-corrected chi connectivity index (χ0v) is 11.0. The number of hydrogen-bond acceptors (Lipinski definition) is 3. The third-order valence-electron chi connectivity index (χ3n) is 2.66. The molecule has 1 aliphatic heterocycles. The van der Waals surface area contributed by atoms with Crippen LogP contribution in [0.25, 0.3) is 0 Å². The van der Waals surface area contributed by atoms with E-state index in [9.17, 15) is 9.90 Å². The molecule has 5 heteroatoms. The fourth-order valence-corrected chi connectivity index (χ4v) is 2.53. The van der Waals surface area contributed by atoms with E-state index in [1.807, 2.05) is 6.92 Å². The highest BCUT2D eigenvalue weighted by atomic mass is 79.9. The van der Waals surface area contributed by atoms with Gasteiger partial charge in [0.25, 0.3) is 0 Å². The Kier molecular flexibility index (Phi) is 3.57. The number of carboxylic acids is 1. The van der Waals surface area contributed by atoms with Crippen LogP contribution in [0.5, 0.6) is 11.5 Å². The van der Waals surface area contributed by atoms with Crippen molar-refractivity contribution in [1.82, 2.24) is 0 Å². The molecule has 1 N–H and O–H groups in total. The Morgan fingerprint density at radius 3 is 2.82 bits per heavy atom. The first-order chi connectivity index (χ1) is 8.15. The topological polar surface area (TPSA) is 55.8 Å². The van der Waals surface area contributed by atoms with Crippen molar-refractivity contribution in [3.63, 3.8) is 0 Å². The van der Waals surface area contributed by atoms with E-state index in [1.54, 1.807) is 6.07 Å². The summed E-state index contributed by atoms with van der Waals surface area (Å²) >= 11 is 3.28. The summed E-state index contributed by atoms with van der Waals surface area (Å²) in [5.74, 6) is 0.242. The summed E-state index contributed by atoms with van der Waals surface area (Å²) in [5, 5.41) is 9.22. The summed E-state index contributed by atoms with van der Waals surface area (Å²) in [5.41, 5.74) is 0.945. The second-order valence-corrected chi connectivity index (χ2v) is 4.60. The molecule has 1 aliphatic rings. The van der Waals surface area contributed by atoms with E-state index in [-0.39, 0.29) is 5.56 Å². The van der Waals surface area contributed by atoms with Crippen molar-refractivity contribution in [1.29, 1.82) is 0 Å². The van der Waals surface area contributed by atoms with Crippen molar-refractivity contribution >= 4 is 21.9 Å². The summed E-state index contributed by atoms with van der Waals surface area (Å²) in [6, 6.07) is 1.67. The number of fused-ring (bicyclic) bond motifs is 1. The summed E-state index contributed by atoms with van der Waals surface area (Å²) in [6.07, 6.45) is 1.39. The molecule has 0 radical (unpaired) electrons. The standard InChI is InChI=1S/C12H13BrO4/c1-2-7-10(12(14)15)8(13)6-9-11(7)17-5-3-4-16-9/h6H,2-5H2,1H3,(H,14,15). The van der Waals surface area contributed by atoms with Gasteiger partial charge < -0.3 is 14.6 Å². The highest BCUT2D eigenvalue weighted by Gasteiger charge is 2.23. The molecular weight excluding hydrogens is 288 g/mol. The summed E-state index contributed by atoms with van der Waals surface area (Å²) in [4.78, 5) is 11.2. The largest absolute Gasteiger partial charge is 0.490 e. The van der Waals surface area contributed by atoms with Crippen molar-refractivity contribution < 1.29 is 19.4 Å². The zero-order chi connectivity index (χ0) is 12.4. The molecule has 92 valence electrons. The fraction of sp³-hybridized carbons (Fsp3) is 0.417. The summed E-state index contributed by atoms with van der Waals surface area (Å²) in [6.45, 7) is 3.05. The van der Waals surface area contributed by atoms with Crippen LogP contribution in [0.2, 0.25) is 0 Å². The van der Waals surface area contributed by atoms with Crippen molar-refractivity contribution in [2.24, 2.45) is 0 Å². The van der Waals surface area contributed by atoms with Gasteiger partial charge in [0.1, 0.15) is 0 Å². The molecule has 0 bridgehead atoms. The molecule has 0 saturated heterocycles. The molecule has 0 amide bonds. The van der Waals surface area contributed by atoms with Gasteiger partial charge in [-0.05, 0) is 28.4 Å². The predicted molar refractivity (Wildman–Crippen MR) is 66.1 cm³/mol. The van der Waals surface area contributed by atoms with Gasteiger partial charge >= 0.3 is 5.97 Å². The minimum Gasteiger partial charge on any atom is -0.490 e. The lowest BCUT2D eigenvalue weighted by Crippen LogP contribution is -2.07. The van der Waals surface area contributed by atoms with Crippen LogP contribution in [0.15, 0.2) is 10.5 Å². The second-order valence-electron chi connectivity index (χ2n) is 3.75. The van der Waals surface area contributed by atoms with E-state index in [4.69, 9.17) is 9.47 Å². The molecule has 4 nitrogen and oxygen atoms in total. The van der Waals surface area contributed by atoms with Crippen LogP contribution in [0.3, 0.4) is 0 Å². The van der Waals surface area contributed by atoms with E-state index in [0.29, 0.717) is 41.2 Å². The predicted octanol–water partition coefficient (Wildman–Crippen LogP) is 2.87. The van der Waals surface area contributed by atoms with Crippen molar-refractivity contribution in [3.05, 3.63) is 21.7 Å². The number of benzene rings is 1. The molecule has 1 aromatic rings. The Morgan fingerprint density at radius 2 is 2.18 bits per heavy atom. The van der Waals surface area contributed by atoms with Crippen LogP contribution < -0.4 is 9.47 Å². The molecule has 0 fully saturated rings. The maximum atomic E-state index is 11.2. The average molecular weight is 301 g/mol. The first-order valence-electron chi connectivity index (χ1n) is 5.49. The van der Waals surface area contributed by atoms with Crippen LogP contribution in [-0.2, 0) is 6.42 Å². The molecular formula is C12H13BrO4. The van der Waals surface area contributed by atoms with E-state index in [1.165, 1.54) is 0 Å². The fourth-order valence-electron chi connectivity index (χ4n) is 1.91. The van der Waals surface area contributed by atoms with E-state index in [0.717, 1.165) is 6.42 Å². The Balaban J connectivity index is 2.64. The van der Waals surface area contributed by atoms with Gasteiger partial charge in [0.05, 0.1) is 18.8 Å². The van der Waals surface area contributed by atoms with Crippen molar-refractivity contribution in [2.75, 3.05) is 13.2 Å². The van der Waals surface area contributed by atoms with Crippen LogP contribution in [0.1, 0.15) is 29.3 Å². The number of carboxylic acid groups (broad SMARTS) is 1. The van der Waals surface area contributed by atoms with Crippen molar-refractivity contribution in [3.8, 4) is 11.5 Å². The molecule has 0 atom stereocenters. The number of ether oxygens (including phenoxy) is 2. The molecule has 17 heavy (non-hydrogen) atoms. The number of rotatable bonds is 2. The Labute approximate surface area is 108 Å². The molecule has 0 unspecified atom stereocenters. The molecule has 1 aromatic carbocycles. The van der Waals surface area contributed by atoms with Gasteiger partial charge in [-0.25, -0.2) is 4.79 Å².